The Balaban J connectivity index is 1.58. The van der Waals surface area contributed by atoms with Gasteiger partial charge in [-0.15, -0.1) is 0 Å². The highest BCUT2D eigenvalue weighted by Crippen LogP contribution is 2.28. The van der Waals surface area contributed by atoms with Crippen molar-refractivity contribution in [1.82, 2.24) is 14.8 Å². The Kier molecular flexibility index (Phi) is 3.64. The largest absolute Gasteiger partial charge is 0.347 e. The van der Waals surface area contributed by atoms with Gasteiger partial charge in [-0.3, -0.25) is 9.59 Å². The predicted octanol–water partition coefficient (Wildman–Crippen LogP) is 1.71. The molecule has 24 heavy (non-hydrogen) atoms. The molecular weight excluding hydrogens is 309 g/mol. The zero-order valence-corrected chi connectivity index (χ0v) is 13.6. The van der Waals surface area contributed by atoms with E-state index in [1.165, 1.54) is 12.3 Å². The van der Waals surface area contributed by atoms with Crippen molar-refractivity contribution in [3.8, 4) is 0 Å². The molecule has 3 fully saturated rings. The molecule has 0 unspecified atom stereocenters. The molecule has 5 rings (SSSR count). The maximum atomic E-state index is 14.0. The van der Waals surface area contributed by atoms with E-state index in [2.05, 4.69) is 10.2 Å². The molecule has 5 nitrogen and oxygen atoms in total. The van der Waals surface area contributed by atoms with Gasteiger partial charge in [0.15, 0.2) is 0 Å². The highest BCUT2D eigenvalue weighted by Gasteiger charge is 2.36. The smallest absolute Gasteiger partial charge is 0.292 e. The predicted molar refractivity (Wildman–Crippen MR) is 88.3 cm³/mol. The van der Waals surface area contributed by atoms with Gasteiger partial charge in [0.1, 0.15) is 5.82 Å². The van der Waals surface area contributed by atoms with E-state index in [9.17, 15) is 14.0 Å². The molecule has 3 saturated heterocycles. The molecular formula is C18H20FN3O2. The lowest BCUT2D eigenvalue weighted by molar-refractivity contribution is -0.119. The van der Waals surface area contributed by atoms with Crippen molar-refractivity contribution in [2.24, 2.45) is 13.0 Å². The van der Waals surface area contributed by atoms with Crippen molar-refractivity contribution in [2.75, 3.05) is 19.6 Å². The summed E-state index contributed by atoms with van der Waals surface area (Å²) in [5, 5.41) is 3.38. The number of carbonyl (C=O) groups is 2. The molecule has 3 aliphatic heterocycles. The van der Waals surface area contributed by atoms with Gasteiger partial charge in [-0.1, -0.05) is 12.1 Å². The second kappa shape index (κ2) is 5.70. The molecule has 0 radical (unpaired) electrons. The first-order valence-corrected chi connectivity index (χ1v) is 8.35. The fraction of sp³-hybridized carbons (Fsp3) is 0.444. The maximum absolute atomic E-state index is 14.0. The highest BCUT2D eigenvalue weighted by molar-refractivity contribution is 6.45. The van der Waals surface area contributed by atoms with Gasteiger partial charge >= 0.3 is 0 Å². The summed E-state index contributed by atoms with van der Waals surface area (Å²) in [7, 11) is 1.67. The Bertz CT molecular complexity index is 821. The molecule has 4 heterocycles. The number of ketones is 1. The number of piperidine rings is 3. The number of nitrogens with one attached hydrogen (secondary N) is 1. The van der Waals surface area contributed by atoms with Gasteiger partial charge in [-0.25, -0.2) is 4.39 Å². The third kappa shape index (κ3) is 2.41. The normalized spacial score (nSPS) is 25.8. The third-order valence-corrected chi connectivity index (χ3v) is 5.38. The first-order valence-electron chi connectivity index (χ1n) is 8.35. The summed E-state index contributed by atoms with van der Waals surface area (Å²) in [6, 6.07) is 4.62. The summed E-state index contributed by atoms with van der Waals surface area (Å²) in [6.07, 6.45) is 3.67. The minimum absolute atomic E-state index is 0.0377. The Labute approximate surface area is 139 Å². The van der Waals surface area contributed by atoms with Crippen LogP contribution in [0.5, 0.6) is 0 Å². The van der Waals surface area contributed by atoms with Crippen molar-refractivity contribution < 1.29 is 14.0 Å². The minimum atomic E-state index is -0.595. The lowest BCUT2D eigenvalue weighted by Crippen LogP contribution is -2.58. The van der Waals surface area contributed by atoms with Crippen LogP contribution in [0.15, 0.2) is 24.4 Å². The molecule has 6 heteroatoms. The Morgan fingerprint density at radius 3 is 2.67 bits per heavy atom. The number of fused-ring (bicyclic) bond motifs is 4. The van der Waals surface area contributed by atoms with Crippen LogP contribution in [-0.2, 0) is 11.8 Å². The monoisotopic (exact) mass is 329 g/mol. The number of para-hydroxylation sites is 1. The first-order chi connectivity index (χ1) is 11.5. The number of benzene rings is 1. The van der Waals surface area contributed by atoms with Gasteiger partial charge < -0.3 is 14.8 Å². The van der Waals surface area contributed by atoms with E-state index in [0.717, 1.165) is 32.5 Å². The lowest BCUT2D eigenvalue weighted by atomic mass is 9.84. The molecule has 0 spiro atoms. The van der Waals surface area contributed by atoms with Crippen LogP contribution in [0, 0.1) is 11.7 Å². The highest BCUT2D eigenvalue weighted by atomic mass is 19.1. The fourth-order valence-corrected chi connectivity index (χ4v) is 4.08. The van der Waals surface area contributed by atoms with Gasteiger partial charge in [0.2, 0.25) is 0 Å². The topological polar surface area (TPSA) is 54.3 Å². The number of aryl methyl sites for hydroxylation is 1. The zero-order chi connectivity index (χ0) is 16.8. The average molecular weight is 329 g/mol. The number of aromatic nitrogens is 1. The molecule has 0 saturated carbocycles. The van der Waals surface area contributed by atoms with E-state index in [4.69, 9.17) is 0 Å². The summed E-state index contributed by atoms with van der Waals surface area (Å²) in [6.45, 7) is 2.97. The molecule has 2 aromatic rings. The quantitative estimate of drug-likeness (QED) is 0.689. The summed E-state index contributed by atoms with van der Waals surface area (Å²) < 4.78 is 15.5. The van der Waals surface area contributed by atoms with Gasteiger partial charge in [-0.2, -0.15) is 0 Å². The standard InChI is InChI=1S/C18H20FN3O2/c1-21-9-13(12-3-2-4-14(19)16(12)21)17(23)18(24)20-15-10-22-7-5-11(15)6-8-22/h2-4,9,11,15H,5-8,10H2,1H3,(H,20,24)/t15-/m1/s1. The Morgan fingerprint density at radius 2 is 2.00 bits per heavy atom. The van der Waals surface area contributed by atoms with Gasteiger partial charge in [0, 0.05) is 31.2 Å². The molecule has 2 bridgehead atoms. The van der Waals surface area contributed by atoms with Gasteiger partial charge in [0.05, 0.1) is 11.1 Å². The van der Waals surface area contributed by atoms with E-state index >= 15 is 0 Å². The Morgan fingerprint density at radius 1 is 1.25 bits per heavy atom. The van der Waals surface area contributed by atoms with E-state index in [1.54, 1.807) is 23.7 Å². The zero-order valence-electron chi connectivity index (χ0n) is 13.6. The SMILES string of the molecule is Cn1cc(C(=O)C(=O)N[C@@H]2CN3CCC2CC3)c2cccc(F)c21. The molecule has 1 atom stereocenters. The van der Waals surface area contributed by atoms with Crippen molar-refractivity contribution in [3.05, 3.63) is 35.8 Å². The van der Waals surface area contributed by atoms with Crippen molar-refractivity contribution in [2.45, 2.75) is 18.9 Å². The molecule has 126 valence electrons. The molecule has 1 N–H and O–H groups in total. The number of carbonyl (C=O) groups excluding carboxylic acids is 2. The maximum Gasteiger partial charge on any atom is 0.292 e. The van der Waals surface area contributed by atoms with Crippen LogP contribution < -0.4 is 5.32 Å². The lowest BCUT2D eigenvalue weighted by Gasteiger charge is -2.44. The molecule has 1 amide bonds. The fourth-order valence-electron chi connectivity index (χ4n) is 4.08. The number of Topliss-reactive ketones (excluding diaryl/α,β-unsaturated/α-hetero) is 1. The van der Waals surface area contributed by atoms with E-state index < -0.39 is 17.5 Å². The molecule has 0 aliphatic carbocycles. The van der Waals surface area contributed by atoms with Crippen LogP contribution in [0.25, 0.3) is 10.9 Å². The van der Waals surface area contributed by atoms with E-state index in [-0.39, 0.29) is 11.6 Å². The summed E-state index contributed by atoms with van der Waals surface area (Å²) in [4.78, 5) is 27.4. The number of hydrogen-bond donors (Lipinski definition) is 1. The second-order valence-electron chi connectivity index (χ2n) is 6.84. The third-order valence-electron chi connectivity index (χ3n) is 5.38. The van der Waals surface area contributed by atoms with Crippen molar-refractivity contribution in [1.29, 1.82) is 0 Å². The number of hydrogen-bond acceptors (Lipinski definition) is 3. The second-order valence-corrected chi connectivity index (χ2v) is 6.84. The summed E-state index contributed by atoms with van der Waals surface area (Å²) in [5.74, 6) is -1.13. The molecule has 3 aliphatic rings. The van der Waals surface area contributed by atoms with Crippen molar-refractivity contribution in [3.63, 3.8) is 0 Å². The number of rotatable bonds is 3. The van der Waals surface area contributed by atoms with Crippen LogP contribution in [0.2, 0.25) is 0 Å². The van der Waals surface area contributed by atoms with Crippen LogP contribution >= 0.6 is 0 Å². The molecule has 1 aromatic carbocycles. The Hall–Kier alpha value is -2.21. The summed E-state index contributed by atoms with van der Waals surface area (Å²) in [5.41, 5.74) is 0.599. The van der Waals surface area contributed by atoms with Crippen LogP contribution in [0.3, 0.4) is 0 Å². The average Bonchev–Trinajstić information content (AvgIpc) is 2.93. The van der Waals surface area contributed by atoms with Crippen LogP contribution in [0.1, 0.15) is 23.2 Å². The van der Waals surface area contributed by atoms with Crippen molar-refractivity contribution >= 4 is 22.6 Å². The van der Waals surface area contributed by atoms with E-state index in [0.29, 0.717) is 16.8 Å². The first kappa shape index (κ1) is 15.3. The number of nitrogens with zero attached hydrogens (tertiary/aromatic N) is 2. The van der Waals surface area contributed by atoms with Crippen LogP contribution in [0.4, 0.5) is 4.39 Å². The minimum Gasteiger partial charge on any atom is -0.347 e. The molecule has 1 aromatic heterocycles. The van der Waals surface area contributed by atoms with Crippen LogP contribution in [-0.4, -0.2) is 46.8 Å². The summed E-state index contributed by atoms with van der Waals surface area (Å²) >= 11 is 0. The van der Waals surface area contributed by atoms with Gasteiger partial charge in [-0.05, 0) is 37.9 Å². The number of amides is 1. The number of halogens is 1. The van der Waals surface area contributed by atoms with Gasteiger partial charge in [0.25, 0.3) is 11.7 Å². The van der Waals surface area contributed by atoms with E-state index in [1.807, 2.05) is 0 Å².